The van der Waals surface area contributed by atoms with Gasteiger partial charge in [0.2, 0.25) is 0 Å². The third-order valence-corrected chi connectivity index (χ3v) is 3.00. The largest absolute Gasteiger partial charge is 0.345 e. The summed E-state index contributed by atoms with van der Waals surface area (Å²) in [6.45, 7) is 1.42. The summed E-state index contributed by atoms with van der Waals surface area (Å²) >= 11 is 0. The summed E-state index contributed by atoms with van der Waals surface area (Å²) in [6, 6.07) is 0. The Bertz CT molecular complexity index is 374. The number of hydrogen-bond donors (Lipinski definition) is 1. The van der Waals surface area contributed by atoms with Crippen molar-refractivity contribution >= 4 is 0 Å². The van der Waals surface area contributed by atoms with Crippen molar-refractivity contribution in [2.75, 3.05) is 6.54 Å². The van der Waals surface area contributed by atoms with Gasteiger partial charge in [-0.3, -0.25) is 4.57 Å². The van der Waals surface area contributed by atoms with Crippen LogP contribution in [0.4, 0.5) is 0 Å². The second-order valence-electron chi connectivity index (χ2n) is 4.22. The van der Waals surface area contributed by atoms with Crippen LogP contribution in [0, 0.1) is 5.41 Å². The predicted molar refractivity (Wildman–Crippen MR) is 52.8 cm³/mol. The van der Waals surface area contributed by atoms with Crippen LogP contribution in [0.15, 0.2) is 11.1 Å². The highest BCUT2D eigenvalue weighted by Crippen LogP contribution is 2.49. The van der Waals surface area contributed by atoms with E-state index in [0.717, 1.165) is 13.0 Å². The summed E-state index contributed by atoms with van der Waals surface area (Å²) in [7, 11) is 1.72. The number of nitrogens with two attached hydrogens (primary N) is 1. The summed E-state index contributed by atoms with van der Waals surface area (Å²) in [6.07, 6.45) is 4.90. The molecule has 14 heavy (non-hydrogen) atoms. The molecule has 0 atom stereocenters. The standard InChI is InChI=1S/C9H16N4O/c1-12-7-11-13(8(12)14)6-9(2-3-9)4-5-10/h7H,2-6,10H2,1H3. The first-order chi connectivity index (χ1) is 6.67. The van der Waals surface area contributed by atoms with Crippen LogP contribution in [0.2, 0.25) is 0 Å². The van der Waals surface area contributed by atoms with E-state index in [1.165, 1.54) is 17.4 Å². The second-order valence-corrected chi connectivity index (χ2v) is 4.22. The van der Waals surface area contributed by atoms with Crippen LogP contribution in [-0.2, 0) is 13.6 Å². The lowest BCUT2D eigenvalue weighted by Gasteiger charge is -2.12. The molecule has 5 heteroatoms. The van der Waals surface area contributed by atoms with E-state index in [-0.39, 0.29) is 11.1 Å². The predicted octanol–water partition coefficient (Wildman–Crippen LogP) is -0.289. The van der Waals surface area contributed by atoms with E-state index in [9.17, 15) is 4.79 Å². The average molecular weight is 196 g/mol. The third-order valence-electron chi connectivity index (χ3n) is 3.00. The van der Waals surface area contributed by atoms with Gasteiger partial charge in [0.15, 0.2) is 0 Å². The Morgan fingerprint density at radius 1 is 1.64 bits per heavy atom. The van der Waals surface area contributed by atoms with Crippen molar-refractivity contribution in [3.05, 3.63) is 16.8 Å². The molecule has 1 aliphatic rings. The molecule has 1 saturated carbocycles. The Kier molecular flexibility index (Phi) is 2.19. The monoisotopic (exact) mass is 196 g/mol. The van der Waals surface area contributed by atoms with Crippen LogP contribution in [-0.4, -0.2) is 20.9 Å². The zero-order valence-corrected chi connectivity index (χ0v) is 8.44. The molecular weight excluding hydrogens is 180 g/mol. The van der Waals surface area contributed by atoms with Crippen LogP contribution in [0.3, 0.4) is 0 Å². The summed E-state index contributed by atoms with van der Waals surface area (Å²) in [5.41, 5.74) is 5.78. The lowest BCUT2D eigenvalue weighted by atomic mass is 10.0. The van der Waals surface area contributed by atoms with Crippen LogP contribution >= 0.6 is 0 Å². The van der Waals surface area contributed by atoms with E-state index in [2.05, 4.69) is 5.10 Å². The molecule has 2 N–H and O–H groups in total. The van der Waals surface area contributed by atoms with Crippen molar-refractivity contribution < 1.29 is 0 Å². The first-order valence-electron chi connectivity index (χ1n) is 4.95. The van der Waals surface area contributed by atoms with Gasteiger partial charge in [-0.2, -0.15) is 5.10 Å². The van der Waals surface area contributed by atoms with Gasteiger partial charge < -0.3 is 5.73 Å². The molecule has 5 nitrogen and oxygen atoms in total. The Morgan fingerprint density at radius 3 is 2.79 bits per heavy atom. The van der Waals surface area contributed by atoms with E-state index in [1.54, 1.807) is 18.1 Å². The van der Waals surface area contributed by atoms with Gasteiger partial charge in [0.1, 0.15) is 6.33 Å². The van der Waals surface area contributed by atoms with Gasteiger partial charge in [-0.05, 0) is 31.2 Å². The zero-order valence-electron chi connectivity index (χ0n) is 8.44. The topological polar surface area (TPSA) is 65.8 Å². The third kappa shape index (κ3) is 1.59. The van der Waals surface area contributed by atoms with Crippen molar-refractivity contribution in [1.82, 2.24) is 14.3 Å². The molecule has 0 amide bonds. The molecule has 78 valence electrons. The van der Waals surface area contributed by atoms with Gasteiger partial charge in [-0.25, -0.2) is 9.48 Å². The average Bonchev–Trinajstić information content (AvgIpc) is 2.85. The lowest BCUT2D eigenvalue weighted by Crippen LogP contribution is -2.27. The highest BCUT2D eigenvalue weighted by atomic mass is 16.2. The highest BCUT2D eigenvalue weighted by molar-refractivity contribution is 4.93. The maximum atomic E-state index is 11.5. The Labute approximate surface area is 82.5 Å². The molecule has 0 aromatic carbocycles. The van der Waals surface area contributed by atoms with Crippen LogP contribution in [0.5, 0.6) is 0 Å². The molecule has 1 aromatic heterocycles. The molecule has 0 aliphatic heterocycles. The molecule has 0 unspecified atom stereocenters. The second kappa shape index (κ2) is 3.24. The van der Waals surface area contributed by atoms with Gasteiger partial charge in [0.05, 0.1) is 6.54 Å². The van der Waals surface area contributed by atoms with Gasteiger partial charge in [-0.15, -0.1) is 0 Å². The number of aryl methyl sites for hydroxylation is 1. The zero-order chi connectivity index (χ0) is 10.2. The minimum Gasteiger partial charge on any atom is -0.330 e. The Hall–Kier alpha value is -1.10. The number of rotatable bonds is 4. The minimum absolute atomic E-state index is 0.0340. The normalized spacial score (nSPS) is 18.4. The van der Waals surface area contributed by atoms with Crippen LogP contribution < -0.4 is 11.4 Å². The van der Waals surface area contributed by atoms with Crippen molar-refractivity contribution in [2.24, 2.45) is 18.2 Å². The molecule has 0 saturated heterocycles. The van der Waals surface area contributed by atoms with Gasteiger partial charge >= 0.3 is 5.69 Å². The SMILES string of the molecule is Cn1cnn(CC2(CCN)CC2)c1=O. The molecule has 1 aromatic rings. The molecule has 1 fully saturated rings. The Balaban J connectivity index is 2.11. The molecule has 0 spiro atoms. The Morgan fingerprint density at radius 2 is 2.36 bits per heavy atom. The van der Waals surface area contributed by atoms with Gasteiger partial charge in [0, 0.05) is 7.05 Å². The summed E-state index contributed by atoms with van der Waals surface area (Å²) in [4.78, 5) is 11.5. The summed E-state index contributed by atoms with van der Waals surface area (Å²) < 4.78 is 3.04. The van der Waals surface area contributed by atoms with Crippen LogP contribution in [0.25, 0.3) is 0 Å². The fourth-order valence-electron chi connectivity index (χ4n) is 1.82. The molecular formula is C9H16N4O. The number of hydrogen-bond acceptors (Lipinski definition) is 3. The molecule has 1 heterocycles. The van der Waals surface area contributed by atoms with Crippen molar-refractivity contribution in [1.29, 1.82) is 0 Å². The van der Waals surface area contributed by atoms with Crippen molar-refractivity contribution in [2.45, 2.75) is 25.8 Å². The first kappa shape index (κ1) is 9.45. The van der Waals surface area contributed by atoms with Gasteiger partial charge in [0.25, 0.3) is 0 Å². The summed E-state index contributed by atoms with van der Waals surface area (Å²) in [5, 5.41) is 4.05. The highest BCUT2D eigenvalue weighted by Gasteiger charge is 2.42. The van der Waals surface area contributed by atoms with Crippen molar-refractivity contribution in [3.63, 3.8) is 0 Å². The molecule has 0 radical (unpaired) electrons. The molecule has 1 aliphatic carbocycles. The quantitative estimate of drug-likeness (QED) is 0.719. The smallest absolute Gasteiger partial charge is 0.330 e. The first-order valence-corrected chi connectivity index (χ1v) is 4.95. The fraction of sp³-hybridized carbons (Fsp3) is 0.778. The van der Waals surface area contributed by atoms with Gasteiger partial charge in [-0.1, -0.05) is 0 Å². The lowest BCUT2D eigenvalue weighted by molar-refractivity contribution is 0.368. The maximum absolute atomic E-state index is 11.5. The van der Waals surface area contributed by atoms with E-state index in [0.29, 0.717) is 6.54 Å². The summed E-state index contributed by atoms with van der Waals surface area (Å²) in [5.74, 6) is 0. The van der Waals surface area contributed by atoms with E-state index < -0.39 is 0 Å². The minimum atomic E-state index is -0.0340. The fourth-order valence-corrected chi connectivity index (χ4v) is 1.82. The molecule has 2 rings (SSSR count). The maximum Gasteiger partial charge on any atom is 0.345 e. The van der Waals surface area contributed by atoms with E-state index in [4.69, 9.17) is 5.73 Å². The van der Waals surface area contributed by atoms with Crippen LogP contribution in [0.1, 0.15) is 19.3 Å². The number of aromatic nitrogens is 3. The van der Waals surface area contributed by atoms with Crippen molar-refractivity contribution in [3.8, 4) is 0 Å². The van der Waals surface area contributed by atoms with E-state index in [1.807, 2.05) is 0 Å². The van der Waals surface area contributed by atoms with E-state index >= 15 is 0 Å². The molecule has 0 bridgehead atoms. The number of nitrogens with zero attached hydrogens (tertiary/aromatic N) is 3.